The molecule has 1 unspecified atom stereocenters. The maximum Gasteiger partial charge on any atom is 0.407 e. The third kappa shape index (κ3) is 6.42. The lowest BCUT2D eigenvalue weighted by Crippen LogP contribution is -2.42. The summed E-state index contributed by atoms with van der Waals surface area (Å²) in [5.41, 5.74) is -0.660. The predicted molar refractivity (Wildman–Crippen MR) is 67.5 cm³/mol. The summed E-state index contributed by atoms with van der Waals surface area (Å²) in [6.45, 7) is 1.26. The number of carbonyl (C=O) groups excluding carboxylic acids is 1. The Hall–Kier alpha value is -2.08. The van der Waals surface area contributed by atoms with Gasteiger partial charge in [0.15, 0.2) is 0 Å². The standard InChI is InChI=1S/C13H17NO5/c1-13(18,7-11(15)16)9-14-12(17)19-8-10-5-3-2-4-6-10/h2-6,18H,7-9H2,1H3,(H,14,17)(H,15,16). The van der Waals surface area contributed by atoms with Gasteiger partial charge < -0.3 is 20.3 Å². The van der Waals surface area contributed by atoms with E-state index in [9.17, 15) is 14.7 Å². The van der Waals surface area contributed by atoms with Crippen LogP contribution >= 0.6 is 0 Å². The molecule has 6 nitrogen and oxygen atoms in total. The van der Waals surface area contributed by atoms with E-state index in [0.717, 1.165) is 5.56 Å². The minimum atomic E-state index is -1.50. The zero-order valence-electron chi connectivity index (χ0n) is 10.6. The molecule has 0 fully saturated rings. The number of carboxylic acids is 1. The molecular formula is C13H17NO5. The highest BCUT2D eigenvalue weighted by atomic mass is 16.5. The van der Waals surface area contributed by atoms with Crippen molar-refractivity contribution in [2.75, 3.05) is 6.54 Å². The summed E-state index contributed by atoms with van der Waals surface area (Å²) in [6, 6.07) is 9.14. The largest absolute Gasteiger partial charge is 0.481 e. The van der Waals surface area contributed by atoms with E-state index in [1.54, 1.807) is 0 Å². The summed E-state index contributed by atoms with van der Waals surface area (Å²) in [7, 11) is 0. The van der Waals surface area contributed by atoms with Gasteiger partial charge in [0.05, 0.1) is 12.0 Å². The first-order valence-corrected chi connectivity index (χ1v) is 5.78. The lowest BCUT2D eigenvalue weighted by atomic mass is 10.0. The van der Waals surface area contributed by atoms with Gasteiger partial charge in [0.1, 0.15) is 6.61 Å². The van der Waals surface area contributed by atoms with Crippen molar-refractivity contribution >= 4 is 12.1 Å². The Labute approximate surface area is 111 Å². The fraction of sp³-hybridized carbons (Fsp3) is 0.385. The summed E-state index contributed by atoms with van der Waals surface area (Å²) in [5, 5.41) is 20.6. The van der Waals surface area contributed by atoms with Crippen LogP contribution in [0.5, 0.6) is 0 Å². The molecule has 19 heavy (non-hydrogen) atoms. The molecule has 0 spiro atoms. The molecule has 104 valence electrons. The molecule has 0 aromatic heterocycles. The molecule has 6 heteroatoms. The number of rotatable bonds is 6. The van der Waals surface area contributed by atoms with Crippen LogP contribution in [0.25, 0.3) is 0 Å². The summed E-state index contributed by atoms with van der Waals surface area (Å²) < 4.78 is 4.92. The number of nitrogens with one attached hydrogen (secondary N) is 1. The van der Waals surface area contributed by atoms with E-state index in [4.69, 9.17) is 9.84 Å². The van der Waals surface area contributed by atoms with Crippen LogP contribution in [-0.2, 0) is 16.1 Å². The van der Waals surface area contributed by atoms with Crippen LogP contribution < -0.4 is 5.32 Å². The van der Waals surface area contributed by atoms with Gasteiger partial charge >= 0.3 is 12.1 Å². The first kappa shape index (κ1) is 15.0. The fourth-order valence-electron chi connectivity index (χ4n) is 1.43. The van der Waals surface area contributed by atoms with Crippen molar-refractivity contribution < 1.29 is 24.5 Å². The smallest absolute Gasteiger partial charge is 0.407 e. The SMILES string of the molecule is CC(O)(CNC(=O)OCc1ccccc1)CC(=O)O. The summed E-state index contributed by atoms with van der Waals surface area (Å²) in [5.74, 6) is -1.13. The molecule has 1 aromatic carbocycles. The van der Waals surface area contributed by atoms with E-state index < -0.39 is 24.1 Å². The van der Waals surface area contributed by atoms with Crippen molar-refractivity contribution in [2.45, 2.75) is 25.6 Å². The maximum absolute atomic E-state index is 11.4. The van der Waals surface area contributed by atoms with Crippen molar-refractivity contribution in [3.8, 4) is 0 Å². The van der Waals surface area contributed by atoms with E-state index in [1.165, 1.54) is 6.92 Å². The van der Waals surface area contributed by atoms with Crippen LogP contribution in [0.15, 0.2) is 30.3 Å². The molecule has 3 N–H and O–H groups in total. The molecule has 0 heterocycles. The summed E-state index contributed by atoms with van der Waals surface area (Å²) in [4.78, 5) is 21.8. The van der Waals surface area contributed by atoms with Crippen LogP contribution in [0.3, 0.4) is 0 Å². The van der Waals surface area contributed by atoms with E-state index in [0.29, 0.717) is 0 Å². The topological polar surface area (TPSA) is 95.9 Å². The van der Waals surface area contributed by atoms with Gasteiger partial charge in [-0.05, 0) is 12.5 Å². The number of ether oxygens (including phenoxy) is 1. The van der Waals surface area contributed by atoms with Crippen LogP contribution in [0.4, 0.5) is 4.79 Å². The van der Waals surface area contributed by atoms with Gasteiger partial charge in [-0.1, -0.05) is 30.3 Å². The second-order valence-corrected chi connectivity index (χ2v) is 4.48. The monoisotopic (exact) mass is 267 g/mol. The Morgan fingerprint density at radius 3 is 2.53 bits per heavy atom. The van der Waals surface area contributed by atoms with Gasteiger partial charge in [-0.3, -0.25) is 4.79 Å². The summed E-state index contributed by atoms with van der Waals surface area (Å²) in [6.07, 6.45) is -1.15. The number of alkyl carbamates (subject to hydrolysis) is 1. The number of hydrogen-bond acceptors (Lipinski definition) is 4. The Kier molecular flexibility index (Phi) is 5.32. The van der Waals surface area contributed by atoms with Crippen LogP contribution in [0.1, 0.15) is 18.9 Å². The molecule has 0 saturated carbocycles. The second-order valence-electron chi connectivity index (χ2n) is 4.48. The van der Waals surface area contributed by atoms with Gasteiger partial charge in [-0.25, -0.2) is 4.79 Å². The molecule has 0 aliphatic heterocycles. The number of carbonyl (C=O) groups is 2. The fourth-order valence-corrected chi connectivity index (χ4v) is 1.43. The Balaban J connectivity index is 2.30. The Bertz CT molecular complexity index is 430. The molecule has 1 rings (SSSR count). The minimum Gasteiger partial charge on any atom is -0.481 e. The molecule has 1 amide bonds. The van der Waals surface area contributed by atoms with Crippen molar-refractivity contribution in [1.29, 1.82) is 0 Å². The third-order valence-electron chi connectivity index (χ3n) is 2.36. The van der Waals surface area contributed by atoms with Crippen LogP contribution in [-0.4, -0.2) is 34.4 Å². The number of aliphatic hydroxyl groups is 1. The van der Waals surface area contributed by atoms with Crippen LogP contribution in [0.2, 0.25) is 0 Å². The first-order chi connectivity index (χ1) is 8.89. The van der Waals surface area contributed by atoms with E-state index in [1.807, 2.05) is 30.3 Å². The lowest BCUT2D eigenvalue weighted by Gasteiger charge is -2.21. The molecule has 0 bridgehead atoms. The highest BCUT2D eigenvalue weighted by Crippen LogP contribution is 2.07. The normalized spacial score (nSPS) is 13.4. The molecule has 1 aromatic rings. The minimum absolute atomic E-state index is 0.119. The number of carboxylic acid groups (broad SMARTS) is 1. The van der Waals surface area contributed by atoms with Gasteiger partial charge in [0, 0.05) is 6.54 Å². The van der Waals surface area contributed by atoms with Crippen molar-refractivity contribution in [3.63, 3.8) is 0 Å². The highest BCUT2D eigenvalue weighted by molar-refractivity contribution is 5.69. The molecule has 0 radical (unpaired) electrons. The average Bonchev–Trinajstić information content (AvgIpc) is 2.34. The molecule has 1 atom stereocenters. The Morgan fingerprint density at radius 1 is 1.32 bits per heavy atom. The van der Waals surface area contributed by atoms with E-state index in [2.05, 4.69) is 5.32 Å². The quantitative estimate of drug-likeness (QED) is 0.718. The molecular weight excluding hydrogens is 250 g/mol. The van der Waals surface area contributed by atoms with Gasteiger partial charge in [-0.2, -0.15) is 0 Å². The number of aliphatic carboxylic acids is 1. The molecule has 0 aliphatic carbocycles. The molecule has 0 aliphatic rings. The number of amides is 1. The van der Waals surface area contributed by atoms with Crippen molar-refractivity contribution in [3.05, 3.63) is 35.9 Å². The number of hydrogen-bond donors (Lipinski definition) is 3. The number of benzene rings is 1. The van der Waals surface area contributed by atoms with Crippen LogP contribution in [0, 0.1) is 0 Å². The average molecular weight is 267 g/mol. The summed E-state index contributed by atoms with van der Waals surface area (Å²) >= 11 is 0. The van der Waals surface area contributed by atoms with Crippen molar-refractivity contribution in [1.82, 2.24) is 5.32 Å². The van der Waals surface area contributed by atoms with E-state index in [-0.39, 0.29) is 13.2 Å². The van der Waals surface area contributed by atoms with Gasteiger partial charge in [0.25, 0.3) is 0 Å². The Morgan fingerprint density at radius 2 is 1.95 bits per heavy atom. The lowest BCUT2D eigenvalue weighted by molar-refractivity contribution is -0.141. The highest BCUT2D eigenvalue weighted by Gasteiger charge is 2.25. The van der Waals surface area contributed by atoms with Gasteiger partial charge in [-0.15, -0.1) is 0 Å². The zero-order valence-corrected chi connectivity index (χ0v) is 10.6. The van der Waals surface area contributed by atoms with E-state index >= 15 is 0 Å². The maximum atomic E-state index is 11.4. The van der Waals surface area contributed by atoms with Gasteiger partial charge in [0.2, 0.25) is 0 Å². The molecule has 0 saturated heterocycles. The predicted octanol–water partition coefficient (Wildman–Crippen LogP) is 1.14. The first-order valence-electron chi connectivity index (χ1n) is 5.78. The third-order valence-corrected chi connectivity index (χ3v) is 2.36. The second kappa shape index (κ2) is 6.75. The zero-order chi connectivity index (χ0) is 14.3. The van der Waals surface area contributed by atoms with Crippen molar-refractivity contribution in [2.24, 2.45) is 0 Å².